The van der Waals surface area contributed by atoms with Crippen LogP contribution in [0.1, 0.15) is 24.5 Å². The molecule has 1 heterocycles. The highest BCUT2D eigenvalue weighted by atomic mass is 35.5. The van der Waals surface area contributed by atoms with Crippen molar-refractivity contribution in [2.75, 3.05) is 20.8 Å². The standard InChI is InChI=1S/C23H23ClN2O6/c1-4-9-32-19-7-5-14(10-20(19)31-3)13-26-22(28)17(21(27)25-23(26)29)12-15-11-16(24)6-8-18(15)30-2/h5-8,10-12H,4,9,13H2,1-3H3,(H,25,27,29)/b17-12+. The number of carbonyl (C=O) groups is 3. The normalized spacial score (nSPS) is 15.1. The average Bonchev–Trinajstić information content (AvgIpc) is 2.78. The molecule has 1 fully saturated rings. The van der Waals surface area contributed by atoms with Crippen molar-refractivity contribution in [1.82, 2.24) is 10.2 Å². The molecule has 0 radical (unpaired) electrons. The lowest BCUT2D eigenvalue weighted by atomic mass is 10.1. The fourth-order valence-corrected chi connectivity index (χ4v) is 3.32. The van der Waals surface area contributed by atoms with Crippen molar-refractivity contribution in [2.24, 2.45) is 0 Å². The van der Waals surface area contributed by atoms with Crippen LogP contribution in [0.2, 0.25) is 5.02 Å². The van der Waals surface area contributed by atoms with Gasteiger partial charge in [-0.15, -0.1) is 0 Å². The van der Waals surface area contributed by atoms with Crippen LogP contribution in [-0.2, 0) is 16.1 Å². The molecule has 2 aromatic rings. The van der Waals surface area contributed by atoms with E-state index in [0.29, 0.717) is 40.0 Å². The Kier molecular flexibility index (Phi) is 7.37. The molecule has 4 amide bonds. The zero-order chi connectivity index (χ0) is 23.3. The second-order valence-electron chi connectivity index (χ2n) is 6.93. The van der Waals surface area contributed by atoms with Gasteiger partial charge in [0.2, 0.25) is 0 Å². The molecule has 0 aromatic heterocycles. The van der Waals surface area contributed by atoms with E-state index in [9.17, 15) is 14.4 Å². The van der Waals surface area contributed by atoms with Gasteiger partial charge in [-0.25, -0.2) is 4.79 Å². The number of ether oxygens (including phenoxy) is 3. The summed E-state index contributed by atoms with van der Waals surface area (Å²) in [6.07, 6.45) is 2.19. The lowest BCUT2D eigenvalue weighted by molar-refractivity contribution is -0.130. The highest BCUT2D eigenvalue weighted by Crippen LogP contribution is 2.30. The molecular weight excluding hydrogens is 436 g/mol. The van der Waals surface area contributed by atoms with Gasteiger partial charge in [-0.1, -0.05) is 24.6 Å². The Labute approximate surface area is 190 Å². The van der Waals surface area contributed by atoms with Gasteiger partial charge in [0.05, 0.1) is 27.4 Å². The number of rotatable bonds is 8. The van der Waals surface area contributed by atoms with Crippen molar-refractivity contribution in [2.45, 2.75) is 19.9 Å². The van der Waals surface area contributed by atoms with Gasteiger partial charge >= 0.3 is 6.03 Å². The maximum Gasteiger partial charge on any atom is 0.331 e. The summed E-state index contributed by atoms with van der Waals surface area (Å²) in [6.45, 7) is 2.46. The van der Waals surface area contributed by atoms with Crippen molar-refractivity contribution in [1.29, 1.82) is 0 Å². The molecule has 0 spiro atoms. The van der Waals surface area contributed by atoms with Crippen LogP contribution in [0.25, 0.3) is 6.08 Å². The maximum absolute atomic E-state index is 13.0. The number of amides is 4. The van der Waals surface area contributed by atoms with Crippen molar-refractivity contribution in [3.05, 3.63) is 58.1 Å². The lowest BCUT2D eigenvalue weighted by Crippen LogP contribution is -2.53. The number of benzene rings is 2. The molecule has 32 heavy (non-hydrogen) atoms. The third-order valence-corrected chi connectivity index (χ3v) is 4.94. The molecule has 0 saturated carbocycles. The Morgan fingerprint density at radius 1 is 1.00 bits per heavy atom. The lowest BCUT2D eigenvalue weighted by Gasteiger charge is -2.26. The summed E-state index contributed by atoms with van der Waals surface area (Å²) in [6, 6.07) is 9.14. The van der Waals surface area contributed by atoms with Crippen LogP contribution in [0, 0.1) is 0 Å². The fourth-order valence-electron chi connectivity index (χ4n) is 3.14. The van der Waals surface area contributed by atoms with Gasteiger partial charge < -0.3 is 14.2 Å². The number of hydrogen-bond acceptors (Lipinski definition) is 6. The topological polar surface area (TPSA) is 94.2 Å². The van der Waals surface area contributed by atoms with Gasteiger partial charge in [0.1, 0.15) is 11.3 Å². The van der Waals surface area contributed by atoms with Crippen molar-refractivity contribution < 1.29 is 28.6 Å². The molecule has 0 atom stereocenters. The molecule has 3 rings (SSSR count). The van der Waals surface area contributed by atoms with Gasteiger partial charge in [0.25, 0.3) is 11.8 Å². The Balaban J connectivity index is 1.90. The minimum atomic E-state index is -0.805. The van der Waals surface area contributed by atoms with E-state index in [1.165, 1.54) is 20.3 Å². The molecular formula is C23H23ClN2O6. The van der Waals surface area contributed by atoms with E-state index in [4.69, 9.17) is 25.8 Å². The van der Waals surface area contributed by atoms with E-state index in [0.717, 1.165) is 11.3 Å². The first-order chi connectivity index (χ1) is 15.4. The second-order valence-corrected chi connectivity index (χ2v) is 7.36. The number of barbiturate groups is 1. The minimum Gasteiger partial charge on any atom is -0.496 e. The van der Waals surface area contributed by atoms with Crippen LogP contribution in [0.4, 0.5) is 4.79 Å². The monoisotopic (exact) mass is 458 g/mol. The summed E-state index contributed by atoms with van der Waals surface area (Å²) in [5.41, 5.74) is 0.857. The molecule has 2 aromatic carbocycles. The summed E-state index contributed by atoms with van der Waals surface area (Å²) in [7, 11) is 2.97. The molecule has 1 N–H and O–H groups in total. The van der Waals surface area contributed by atoms with E-state index >= 15 is 0 Å². The molecule has 0 aliphatic carbocycles. The average molecular weight is 459 g/mol. The highest BCUT2D eigenvalue weighted by molar-refractivity contribution is 6.32. The number of hydrogen-bond donors (Lipinski definition) is 1. The quantitative estimate of drug-likeness (QED) is 0.477. The van der Waals surface area contributed by atoms with Crippen LogP contribution in [0.5, 0.6) is 17.2 Å². The van der Waals surface area contributed by atoms with Crippen LogP contribution >= 0.6 is 11.6 Å². The van der Waals surface area contributed by atoms with Crippen LogP contribution < -0.4 is 19.5 Å². The predicted molar refractivity (Wildman–Crippen MR) is 119 cm³/mol. The summed E-state index contributed by atoms with van der Waals surface area (Å²) in [4.78, 5) is 38.8. The van der Waals surface area contributed by atoms with E-state index in [2.05, 4.69) is 5.32 Å². The Morgan fingerprint density at radius 2 is 1.72 bits per heavy atom. The van der Waals surface area contributed by atoms with Crippen LogP contribution in [-0.4, -0.2) is 43.6 Å². The molecule has 0 bridgehead atoms. The van der Waals surface area contributed by atoms with Gasteiger partial charge in [0.15, 0.2) is 11.5 Å². The molecule has 1 saturated heterocycles. The van der Waals surface area contributed by atoms with Crippen molar-refractivity contribution in [3.8, 4) is 17.2 Å². The number of methoxy groups -OCH3 is 2. The van der Waals surface area contributed by atoms with Gasteiger partial charge in [0, 0.05) is 10.6 Å². The third kappa shape index (κ3) is 5.03. The highest BCUT2D eigenvalue weighted by Gasteiger charge is 2.36. The van der Waals surface area contributed by atoms with E-state index < -0.39 is 17.8 Å². The maximum atomic E-state index is 13.0. The van der Waals surface area contributed by atoms with Gasteiger partial charge in [-0.05, 0) is 48.4 Å². The minimum absolute atomic E-state index is 0.0631. The smallest absolute Gasteiger partial charge is 0.331 e. The van der Waals surface area contributed by atoms with Gasteiger partial charge in [-0.2, -0.15) is 0 Å². The van der Waals surface area contributed by atoms with E-state index in [1.807, 2.05) is 6.92 Å². The van der Waals surface area contributed by atoms with Crippen molar-refractivity contribution >= 4 is 35.5 Å². The zero-order valence-electron chi connectivity index (χ0n) is 17.9. The zero-order valence-corrected chi connectivity index (χ0v) is 18.7. The molecule has 9 heteroatoms. The molecule has 8 nitrogen and oxygen atoms in total. The summed E-state index contributed by atoms with van der Waals surface area (Å²) >= 11 is 6.04. The number of carbonyl (C=O) groups excluding carboxylic acids is 3. The number of urea groups is 1. The number of nitrogens with zero attached hydrogens (tertiary/aromatic N) is 1. The first kappa shape index (κ1) is 23.1. The summed E-state index contributed by atoms with van der Waals surface area (Å²) < 4.78 is 16.3. The van der Waals surface area contributed by atoms with Gasteiger partial charge in [-0.3, -0.25) is 19.8 Å². The molecule has 168 valence electrons. The Bertz CT molecular complexity index is 1080. The summed E-state index contributed by atoms with van der Waals surface area (Å²) in [5, 5.41) is 2.61. The Hall–Kier alpha value is -3.52. The molecule has 1 aliphatic heterocycles. The third-order valence-electron chi connectivity index (χ3n) is 4.71. The SMILES string of the molecule is CCCOc1ccc(CN2C(=O)NC(=O)/C(=C\c3cc(Cl)ccc3OC)C2=O)cc1OC. The number of nitrogens with one attached hydrogen (secondary N) is 1. The predicted octanol–water partition coefficient (Wildman–Crippen LogP) is 3.81. The van der Waals surface area contributed by atoms with Crippen LogP contribution in [0.3, 0.4) is 0 Å². The first-order valence-corrected chi connectivity index (χ1v) is 10.3. The first-order valence-electron chi connectivity index (χ1n) is 9.90. The second kappa shape index (κ2) is 10.2. The number of halogens is 1. The summed E-state index contributed by atoms with van der Waals surface area (Å²) in [5.74, 6) is -0.0451. The van der Waals surface area contributed by atoms with Crippen LogP contribution in [0.15, 0.2) is 42.0 Å². The van der Waals surface area contributed by atoms with E-state index in [1.54, 1.807) is 36.4 Å². The van der Waals surface area contributed by atoms with E-state index in [-0.39, 0.29) is 12.1 Å². The van der Waals surface area contributed by atoms with Crippen molar-refractivity contribution in [3.63, 3.8) is 0 Å². The molecule has 0 unspecified atom stereocenters. The molecule has 1 aliphatic rings. The largest absolute Gasteiger partial charge is 0.496 e. The number of imide groups is 2. The Morgan fingerprint density at radius 3 is 2.41 bits per heavy atom. The fraction of sp³-hybridized carbons (Fsp3) is 0.261.